The van der Waals surface area contributed by atoms with Gasteiger partial charge in [-0.05, 0) is 38.1 Å². The van der Waals surface area contributed by atoms with Crippen LogP contribution in [0, 0.1) is 11.6 Å². The molecule has 0 spiro atoms. The molecule has 9 heteroatoms. The number of carbonyl (C=O) groups is 2. The van der Waals surface area contributed by atoms with Crippen LogP contribution in [0.2, 0.25) is 0 Å². The van der Waals surface area contributed by atoms with Crippen LogP contribution in [0.15, 0.2) is 18.2 Å². The zero-order valence-electron chi connectivity index (χ0n) is 15.8. The predicted octanol–water partition coefficient (Wildman–Crippen LogP) is 1.56. The number of ether oxygens (including phenoxy) is 1. The third-order valence-electron chi connectivity index (χ3n) is 5.25. The van der Waals surface area contributed by atoms with Crippen molar-refractivity contribution < 1.29 is 23.1 Å². The number of likely N-dealkylation sites (tertiary alicyclic amines) is 1. The lowest BCUT2D eigenvalue weighted by Crippen LogP contribution is -2.54. The van der Waals surface area contributed by atoms with Gasteiger partial charge in [-0.1, -0.05) is 6.42 Å². The van der Waals surface area contributed by atoms with E-state index in [0.29, 0.717) is 38.4 Å². The summed E-state index contributed by atoms with van der Waals surface area (Å²) in [6, 6.07) is 3.46. The molecule has 2 aliphatic rings. The Morgan fingerprint density at radius 1 is 1.04 bits per heavy atom. The standard InChI is InChI=1S/C19H26F2N4O3/c20-14-4-5-16(15(21)12-14)24-8-10-25(11-9-24)18(26)17(28-19(22)27)13-23-6-2-1-3-7-23/h4-5,12,17H,1-3,6-11,13H2,(H2,22,27)/t17-/m0/s1. The van der Waals surface area contributed by atoms with Crippen molar-refractivity contribution in [1.29, 1.82) is 0 Å². The molecule has 1 aromatic carbocycles. The molecule has 1 aromatic rings. The second-order valence-electron chi connectivity index (χ2n) is 7.19. The summed E-state index contributed by atoms with van der Waals surface area (Å²) in [5.74, 6) is -1.54. The van der Waals surface area contributed by atoms with E-state index in [1.807, 2.05) is 0 Å². The van der Waals surface area contributed by atoms with Crippen molar-refractivity contribution in [2.45, 2.75) is 25.4 Å². The molecule has 0 aromatic heterocycles. The summed E-state index contributed by atoms with van der Waals surface area (Å²) in [4.78, 5) is 29.6. The summed E-state index contributed by atoms with van der Waals surface area (Å²) >= 11 is 0. The number of hydrogen-bond donors (Lipinski definition) is 1. The smallest absolute Gasteiger partial charge is 0.405 e. The van der Waals surface area contributed by atoms with Crippen LogP contribution in [0.25, 0.3) is 0 Å². The van der Waals surface area contributed by atoms with Crippen molar-refractivity contribution in [3.8, 4) is 0 Å². The molecular formula is C19H26F2N4O3. The Morgan fingerprint density at radius 3 is 2.32 bits per heavy atom. The van der Waals surface area contributed by atoms with Crippen molar-refractivity contribution in [1.82, 2.24) is 9.80 Å². The van der Waals surface area contributed by atoms with Crippen LogP contribution < -0.4 is 10.6 Å². The number of carbonyl (C=O) groups excluding carboxylic acids is 2. The monoisotopic (exact) mass is 396 g/mol. The van der Waals surface area contributed by atoms with Gasteiger partial charge in [0.05, 0.1) is 5.69 Å². The molecule has 3 rings (SSSR count). The Hall–Kier alpha value is -2.42. The first-order valence-corrected chi connectivity index (χ1v) is 9.61. The molecule has 154 valence electrons. The first kappa shape index (κ1) is 20.3. The highest BCUT2D eigenvalue weighted by atomic mass is 19.1. The van der Waals surface area contributed by atoms with Crippen LogP contribution in [0.3, 0.4) is 0 Å². The quantitative estimate of drug-likeness (QED) is 0.817. The number of rotatable bonds is 5. The molecule has 0 aliphatic carbocycles. The van der Waals surface area contributed by atoms with Crippen molar-refractivity contribution in [2.24, 2.45) is 5.73 Å². The second-order valence-corrected chi connectivity index (χ2v) is 7.19. The van der Waals surface area contributed by atoms with Crippen LogP contribution in [-0.4, -0.2) is 73.7 Å². The van der Waals surface area contributed by atoms with Crippen molar-refractivity contribution >= 4 is 17.7 Å². The van der Waals surface area contributed by atoms with Gasteiger partial charge in [-0.25, -0.2) is 13.6 Å². The largest absolute Gasteiger partial charge is 0.435 e. The number of piperidine rings is 1. The van der Waals surface area contributed by atoms with Gasteiger partial charge in [0.2, 0.25) is 0 Å². The first-order valence-electron chi connectivity index (χ1n) is 9.61. The highest BCUT2D eigenvalue weighted by Crippen LogP contribution is 2.22. The molecule has 28 heavy (non-hydrogen) atoms. The van der Waals surface area contributed by atoms with Crippen LogP contribution in [-0.2, 0) is 9.53 Å². The SMILES string of the molecule is NC(=O)O[C@@H](CN1CCCCC1)C(=O)N1CCN(c2ccc(F)cc2F)CC1. The van der Waals surface area contributed by atoms with Crippen molar-refractivity contribution in [3.05, 3.63) is 29.8 Å². The minimum atomic E-state index is -0.970. The van der Waals surface area contributed by atoms with Gasteiger partial charge < -0.3 is 20.3 Å². The summed E-state index contributed by atoms with van der Waals surface area (Å²) in [6.45, 7) is 3.58. The van der Waals surface area contributed by atoms with Crippen LogP contribution in [0.1, 0.15) is 19.3 Å². The number of primary amides is 1. The summed E-state index contributed by atoms with van der Waals surface area (Å²) in [7, 11) is 0. The number of amides is 2. The molecule has 0 bridgehead atoms. The van der Waals surface area contributed by atoms with Crippen LogP contribution in [0.4, 0.5) is 19.3 Å². The summed E-state index contributed by atoms with van der Waals surface area (Å²) < 4.78 is 32.2. The van der Waals surface area contributed by atoms with E-state index < -0.39 is 23.8 Å². The van der Waals surface area contributed by atoms with E-state index >= 15 is 0 Å². The summed E-state index contributed by atoms with van der Waals surface area (Å²) in [5, 5.41) is 0. The zero-order valence-corrected chi connectivity index (χ0v) is 15.8. The van der Waals surface area contributed by atoms with E-state index in [-0.39, 0.29) is 5.91 Å². The first-order chi connectivity index (χ1) is 13.4. The lowest BCUT2D eigenvalue weighted by atomic mass is 10.1. The van der Waals surface area contributed by atoms with E-state index in [1.165, 1.54) is 12.1 Å². The topological polar surface area (TPSA) is 79.1 Å². The number of anilines is 1. The molecule has 2 heterocycles. The predicted molar refractivity (Wildman–Crippen MR) is 99.9 cm³/mol. The van der Waals surface area contributed by atoms with Crippen molar-refractivity contribution in [3.63, 3.8) is 0 Å². The molecule has 2 fully saturated rings. The minimum absolute atomic E-state index is 0.288. The molecule has 2 aliphatic heterocycles. The van der Waals surface area contributed by atoms with E-state index in [1.54, 1.807) is 9.80 Å². The number of halogens is 2. The lowest BCUT2D eigenvalue weighted by molar-refractivity contribution is -0.141. The number of hydrogen-bond acceptors (Lipinski definition) is 5. The molecular weight excluding hydrogens is 370 g/mol. The minimum Gasteiger partial charge on any atom is -0.435 e. The van der Waals surface area contributed by atoms with Gasteiger partial charge in [0.15, 0.2) is 6.10 Å². The molecule has 2 saturated heterocycles. The molecule has 0 unspecified atom stereocenters. The molecule has 0 radical (unpaired) electrons. The highest BCUT2D eigenvalue weighted by Gasteiger charge is 2.32. The van der Waals surface area contributed by atoms with Crippen molar-refractivity contribution in [2.75, 3.05) is 50.7 Å². The van der Waals surface area contributed by atoms with Gasteiger partial charge in [0.25, 0.3) is 5.91 Å². The zero-order chi connectivity index (χ0) is 20.1. The van der Waals surface area contributed by atoms with Gasteiger partial charge >= 0.3 is 6.09 Å². The Balaban J connectivity index is 1.60. The van der Waals surface area contributed by atoms with Gasteiger partial charge in [-0.2, -0.15) is 0 Å². The van der Waals surface area contributed by atoms with Crippen LogP contribution >= 0.6 is 0 Å². The average Bonchev–Trinajstić information content (AvgIpc) is 2.68. The number of nitrogens with zero attached hydrogens (tertiary/aromatic N) is 3. The maximum atomic E-state index is 14.0. The molecule has 0 saturated carbocycles. The van der Waals surface area contributed by atoms with Gasteiger partial charge in [0.1, 0.15) is 11.6 Å². The van der Waals surface area contributed by atoms with E-state index in [4.69, 9.17) is 10.5 Å². The fraction of sp³-hybridized carbons (Fsp3) is 0.579. The average molecular weight is 396 g/mol. The fourth-order valence-electron chi connectivity index (χ4n) is 3.79. The Bertz CT molecular complexity index is 704. The number of nitrogens with two attached hydrogens (primary N) is 1. The van der Waals surface area contributed by atoms with E-state index in [2.05, 4.69) is 4.90 Å². The van der Waals surface area contributed by atoms with E-state index in [0.717, 1.165) is 38.4 Å². The van der Waals surface area contributed by atoms with Gasteiger partial charge in [0, 0.05) is 38.8 Å². The Morgan fingerprint density at radius 2 is 1.71 bits per heavy atom. The van der Waals surface area contributed by atoms with E-state index in [9.17, 15) is 18.4 Å². The Labute approximate surface area is 163 Å². The number of benzene rings is 1. The Kier molecular flexibility index (Phi) is 6.66. The molecule has 7 nitrogen and oxygen atoms in total. The molecule has 1 atom stereocenters. The van der Waals surface area contributed by atoms with Crippen LogP contribution in [0.5, 0.6) is 0 Å². The molecule has 2 N–H and O–H groups in total. The summed E-state index contributed by atoms with van der Waals surface area (Å²) in [5.41, 5.74) is 5.47. The maximum Gasteiger partial charge on any atom is 0.405 e. The lowest BCUT2D eigenvalue weighted by Gasteiger charge is -2.38. The number of piperazine rings is 1. The third-order valence-corrected chi connectivity index (χ3v) is 5.25. The second kappa shape index (κ2) is 9.18. The fourth-order valence-corrected chi connectivity index (χ4v) is 3.79. The maximum absolute atomic E-state index is 14.0. The third kappa shape index (κ3) is 5.09. The highest BCUT2D eigenvalue weighted by molar-refractivity contribution is 5.83. The molecule has 2 amide bonds. The van der Waals surface area contributed by atoms with Gasteiger partial charge in [-0.3, -0.25) is 9.69 Å². The summed E-state index contributed by atoms with van der Waals surface area (Å²) in [6.07, 6.45) is 1.36. The normalized spacial score (nSPS) is 19.4. The van der Waals surface area contributed by atoms with Gasteiger partial charge in [-0.15, -0.1) is 0 Å².